The smallest absolute Gasteiger partial charge is 0.145 e. The first-order chi connectivity index (χ1) is 17.3. The number of aromatic nitrogens is 1. The Morgan fingerprint density at radius 1 is 0.833 bits per heavy atom. The van der Waals surface area contributed by atoms with E-state index in [-0.39, 0.29) is 5.41 Å². The molecular weight excluding hydrogens is 438 g/mol. The summed E-state index contributed by atoms with van der Waals surface area (Å²) in [7, 11) is 0. The molecule has 3 aromatic carbocycles. The molecule has 0 fully saturated rings. The van der Waals surface area contributed by atoms with Crippen LogP contribution >= 0.6 is 0 Å². The first-order valence-electron chi connectivity index (χ1n) is 13.3. The molecule has 0 saturated heterocycles. The van der Waals surface area contributed by atoms with Crippen LogP contribution in [-0.4, -0.2) is 4.98 Å². The minimum Gasteiger partial charge on any atom is -0.455 e. The fraction of sp³-hybridized carbons (Fsp3) is 0.324. The second-order valence-electron chi connectivity index (χ2n) is 11.6. The van der Waals surface area contributed by atoms with Gasteiger partial charge in [0.05, 0.1) is 5.69 Å². The highest BCUT2D eigenvalue weighted by molar-refractivity contribution is 6.14. The number of furan rings is 1. The van der Waals surface area contributed by atoms with Crippen LogP contribution in [0.15, 0.2) is 71.3 Å². The van der Waals surface area contributed by atoms with Gasteiger partial charge in [0.2, 0.25) is 0 Å². The lowest BCUT2D eigenvalue weighted by atomic mass is 9.67. The van der Waals surface area contributed by atoms with E-state index in [1.807, 2.05) is 12.3 Å². The molecule has 36 heavy (non-hydrogen) atoms. The van der Waals surface area contributed by atoms with Crippen molar-refractivity contribution in [3.8, 4) is 22.4 Å². The molecule has 0 radical (unpaired) electrons. The number of pyridine rings is 1. The summed E-state index contributed by atoms with van der Waals surface area (Å²) in [6.45, 7) is 13.7. The van der Waals surface area contributed by atoms with Crippen molar-refractivity contribution in [3.63, 3.8) is 0 Å². The lowest BCUT2D eigenvalue weighted by Gasteiger charge is -2.36. The minimum absolute atomic E-state index is 0.0305. The Morgan fingerprint density at radius 2 is 1.58 bits per heavy atom. The predicted molar refractivity (Wildman–Crippen MR) is 152 cm³/mol. The number of hydrogen-bond donors (Lipinski definition) is 0. The summed E-state index contributed by atoms with van der Waals surface area (Å²) in [5.74, 6) is 1.15. The number of rotatable bonds is 5. The number of nitrogens with zero attached hydrogens (tertiary/aromatic N) is 1. The van der Waals surface area contributed by atoms with E-state index in [0.717, 1.165) is 35.3 Å². The van der Waals surface area contributed by atoms with E-state index in [1.165, 1.54) is 44.2 Å². The molecule has 6 rings (SSSR count). The lowest BCUT2D eigenvalue weighted by molar-refractivity contribution is 0.339. The predicted octanol–water partition coefficient (Wildman–Crippen LogP) is 9.62. The third-order valence-electron chi connectivity index (χ3n) is 7.91. The van der Waals surface area contributed by atoms with E-state index >= 15 is 0 Å². The zero-order valence-electron chi connectivity index (χ0n) is 22.3. The van der Waals surface area contributed by atoms with Gasteiger partial charge in [0.1, 0.15) is 11.2 Å². The Bertz CT molecular complexity index is 1610. The molecule has 0 saturated carbocycles. The number of hydrogen-bond acceptors (Lipinski definition) is 2. The van der Waals surface area contributed by atoms with E-state index in [0.29, 0.717) is 11.8 Å². The van der Waals surface area contributed by atoms with Gasteiger partial charge in [-0.15, -0.1) is 0 Å². The average Bonchev–Trinajstić information content (AvgIpc) is 3.32. The van der Waals surface area contributed by atoms with Gasteiger partial charge in [-0.2, -0.15) is 0 Å². The van der Waals surface area contributed by atoms with Crippen LogP contribution in [0.4, 0.5) is 0 Å². The van der Waals surface area contributed by atoms with E-state index in [2.05, 4.69) is 96.1 Å². The van der Waals surface area contributed by atoms with Gasteiger partial charge >= 0.3 is 0 Å². The van der Waals surface area contributed by atoms with Gasteiger partial charge in [0.15, 0.2) is 0 Å². The molecule has 1 aliphatic carbocycles. The summed E-state index contributed by atoms with van der Waals surface area (Å²) in [5, 5.41) is 2.49. The number of fused-ring (bicyclic) bond motifs is 7. The van der Waals surface area contributed by atoms with Crippen LogP contribution in [0.5, 0.6) is 0 Å². The highest BCUT2D eigenvalue weighted by atomic mass is 16.3. The Morgan fingerprint density at radius 3 is 2.31 bits per heavy atom. The quantitative estimate of drug-likeness (QED) is 0.254. The average molecular weight is 474 g/mol. The van der Waals surface area contributed by atoms with Gasteiger partial charge in [-0.1, -0.05) is 70.2 Å². The fourth-order valence-corrected chi connectivity index (χ4v) is 6.91. The lowest BCUT2D eigenvalue weighted by Crippen LogP contribution is -2.29. The van der Waals surface area contributed by atoms with Crippen LogP contribution in [0.3, 0.4) is 0 Å². The Balaban J connectivity index is 1.75. The molecule has 2 heterocycles. The Labute approximate surface area is 214 Å². The molecule has 0 N–H and O–H groups in total. The molecule has 2 heteroatoms. The molecule has 182 valence electrons. The van der Waals surface area contributed by atoms with Gasteiger partial charge in [0, 0.05) is 27.9 Å². The van der Waals surface area contributed by atoms with Crippen molar-refractivity contribution in [3.05, 3.63) is 89.1 Å². The maximum absolute atomic E-state index is 6.75. The number of benzene rings is 3. The number of aryl methyl sites for hydroxylation is 2. The summed E-state index contributed by atoms with van der Waals surface area (Å²) in [4.78, 5) is 4.74. The van der Waals surface area contributed by atoms with Crippen LogP contribution in [0.1, 0.15) is 62.8 Å². The monoisotopic (exact) mass is 473 g/mol. The highest BCUT2D eigenvalue weighted by Gasteiger charge is 2.45. The summed E-state index contributed by atoms with van der Waals surface area (Å²) in [6, 6.07) is 22.3. The van der Waals surface area contributed by atoms with Crippen molar-refractivity contribution >= 4 is 21.9 Å². The van der Waals surface area contributed by atoms with E-state index < -0.39 is 0 Å². The van der Waals surface area contributed by atoms with Gasteiger partial charge in [-0.05, 0) is 90.1 Å². The molecule has 0 atom stereocenters. The molecule has 1 aliphatic rings. The second kappa shape index (κ2) is 8.34. The van der Waals surface area contributed by atoms with Crippen LogP contribution < -0.4 is 0 Å². The molecule has 0 spiro atoms. The fourth-order valence-electron chi connectivity index (χ4n) is 6.91. The van der Waals surface area contributed by atoms with Crippen LogP contribution in [0, 0.1) is 25.7 Å². The molecule has 5 aromatic rings. The van der Waals surface area contributed by atoms with Gasteiger partial charge < -0.3 is 4.42 Å². The third-order valence-corrected chi connectivity index (χ3v) is 7.91. The van der Waals surface area contributed by atoms with Crippen LogP contribution in [-0.2, 0) is 5.41 Å². The highest BCUT2D eigenvalue weighted by Crippen LogP contribution is 2.58. The first kappa shape index (κ1) is 23.0. The summed E-state index contributed by atoms with van der Waals surface area (Å²) in [5.41, 5.74) is 12.1. The zero-order chi connectivity index (χ0) is 25.2. The van der Waals surface area contributed by atoms with Crippen molar-refractivity contribution in [1.82, 2.24) is 4.98 Å². The SMILES string of the molecule is Cc1ccnc(-c2c(C)ccc3c2oc2ccc4c(c23)C(CC(C)C)(CC(C)C)c2ccccc2-4)c1. The van der Waals surface area contributed by atoms with Crippen LogP contribution in [0.2, 0.25) is 0 Å². The summed E-state index contributed by atoms with van der Waals surface area (Å²) in [6.07, 6.45) is 4.15. The molecule has 2 aromatic heterocycles. The van der Waals surface area contributed by atoms with Crippen molar-refractivity contribution in [1.29, 1.82) is 0 Å². The topological polar surface area (TPSA) is 26.0 Å². The van der Waals surface area contributed by atoms with E-state index in [4.69, 9.17) is 9.40 Å². The Kier molecular flexibility index (Phi) is 5.33. The maximum atomic E-state index is 6.75. The van der Waals surface area contributed by atoms with Gasteiger partial charge in [-0.25, -0.2) is 0 Å². The molecule has 0 unspecified atom stereocenters. The van der Waals surface area contributed by atoms with Crippen LogP contribution in [0.25, 0.3) is 44.3 Å². The molecular formula is C34H35NO. The molecule has 2 nitrogen and oxygen atoms in total. The zero-order valence-corrected chi connectivity index (χ0v) is 22.3. The van der Waals surface area contributed by atoms with Crippen molar-refractivity contribution < 1.29 is 4.42 Å². The molecule has 0 aliphatic heterocycles. The minimum atomic E-state index is -0.0305. The van der Waals surface area contributed by atoms with Gasteiger partial charge in [0.25, 0.3) is 0 Å². The Hall–Kier alpha value is -3.39. The first-order valence-corrected chi connectivity index (χ1v) is 13.3. The second-order valence-corrected chi connectivity index (χ2v) is 11.6. The normalized spacial score (nSPS) is 14.2. The van der Waals surface area contributed by atoms with E-state index in [1.54, 1.807) is 0 Å². The van der Waals surface area contributed by atoms with Gasteiger partial charge in [-0.3, -0.25) is 4.98 Å². The maximum Gasteiger partial charge on any atom is 0.145 e. The van der Waals surface area contributed by atoms with Crippen molar-refractivity contribution in [2.24, 2.45) is 11.8 Å². The molecule has 0 bridgehead atoms. The third kappa shape index (κ3) is 3.34. The largest absolute Gasteiger partial charge is 0.455 e. The summed E-state index contributed by atoms with van der Waals surface area (Å²) >= 11 is 0. The summed E-state index contributed by atoms with van der Waals surface area (Å²) < 4.78 is 6.75. The van der Waals surface area contributed by atoms with Crippen molar-refractivity contribution in [2.75, 3.05) is 0 Å². The standard InChI is InChI=1S/C34H35NO/c1-20(2)18-34(19-21(3)4)27-10-8-7-9-24(27)25-13-14-29-31(32(25)34)26-12-11-23(6)30(33(26)36-29)28-17-22(5)15-16-35-28/h7-17,20-21H,18-19H2,1-6H3. The molecule has 0 amide bonds. The van der Waals surface area contributed by atoms with Crippen molar-refractivity contribution in [2.45, 2.75) is 59.8 Å². The van der Waals surface area contributed by atoms with E-state index in [9.17, 15) is 0 Å².